The molecule has 22 heavy (non-hydrogen) atoms. The van der Waals surface area contributed by atoms with Crippen molar-refractivity contribution in [1.29, 1.82) is 0 Å². The van der Waals surface area contributed by atoms with Crippen LogP contribution in [0.3, 0.4) is 0 Å². The second kappa shape index (κ2) is 5.81. The predicted molar refractivity (Wildman–Crippen MR) is 87.3 cm³/mol. The molecule has 0 spiro atoms. The molecule has 2 N–H and O–H groups in total. The number of hydrogen-bond acceptors (Lipinski definition) is 4. The highest BCUT2D eigenvalue weighted by Gasteiger charge is 2.10. The van der Waals surface area contributed by atoms with Gasteiger partial charge in [0.15, 0.2) is 11.4 Å². The Morgan fingerprint density at radius 2 is 2.18 bits per heavy atom. The summed E-state index contributed by atoms with van der Waals surface area (Å²) in [6.45, 7) is 4.10. The standard InChI is InChI=1S/C17H17N3O2/c1-3-9-22-16-5-4-8-20-11-14(19-17(16)20)12-6-7-15(21-2)13(18)10-12/h3-8,10-11H,1,9,18H2,2H3. The lowest BCUT2D eigenvalue weighted by molar-refractivity contribution is 0.365. The lowest BCUT2D eigenvalue weighted by Gasteiger charge is -2.05. The zero-order valence-electron chi connectivity index (χ0n) is 12.3. The van der Waals surface area contributed by atoms with E-state index in [-0.39, 0.29) is 0 Å². The molecule has 0 fully saturated rings. The van der Waals surface area contributed by atoms with Crippen LogP contribution in [0.5, 0.6) is 11.5 Å². The van der Waals surface area contributed by atoms with Crippen molar-refractivity contribution in [2.75, 3.05) is 19.5 Å². The highest BCUT2D eigenvalue weighted by atomic mass is 16.5. The van der Waals surface area contributed by atoms with Gasteiger partial charge in [0.1, 0.15) is 12.4 Å². The molecule has 0 saturated carbocycles. The smallest absolute Gasteiger partial charge is 0.180 e. The van der Waals surface area contributed by atoms with Gasteiger partial charge in [-0.2, -0.15) is 0 Å². The lowest BCUT2D eigenvalue weighted by Crippen LogP contribution is -1.95. The van der Waals surface area contributed by atoms with Crippen LogP contribution in [0.1, 0.15) is 0 Å². The Kier molecular flexibility index (Phi) is 3.70. The van der Waals surface area contributed by atoms with Gasteiger partial charge in [0, 0.05) is 18.0 Å². The molecule has 3 rings (SSSR count). The summed E-state index contributed by atoms with van der Waals surface area (Å²) in [5.41, 5.74) is 9.06. The maximum Gasteiger partial charge on any atom is 0.180 e. The SMILES string of the molecule is C=CCOc1cccn2cc(-c3ccc(OC)c(N)c3)nc12. The molecule has 5 heteroatoms. The van der Waals surface area contributed by atoms with Crippen LogP contribution in [0.2, 0.25) is 0 Å². The van der Waals surface area contributed by atoms with Gasteiger partial charge in [-0.15, -0.1) is 0 Å². The molecule has 2 aromatic heterocycles. The van der Waals surface area contributed by atoms with Crippen LogP contribution < -0.4 is 15.2 Å². The van der Waals surface area contributed by atoms with E-state index in [0.29, 0.717) is 18.0 Å². The fourth-order valence-electron chi connectivity index (χ4n) is 2.28. The van der Waals surface area contributed by atoms with Gasteiger partial charge in [-0.25, -0.2) is 4.98 Å². The van der Waals surface area contributed by atoms with Gasteiger partial charge < -0.3 is 19.6 Å². The minimum Gasteiger partial charge on any atom is -0.495 e. The largest absolute Gasteiger partial charge is 0.495 e. The van der Waals surface area contributed by atoms with E-state index in [2.05, 4.69) is 11.6 Å². The van der Waals surface area contributed by atoms with Crippen LogP contribution in [-0.2, 0) is 0 Å². The second-order valence-electron chi connectivity index (χ2n) is 4.79. The number of hydrogen-bond donors (Lipinski definition) is 1. The number of aromatic nitrogens is 2. The first-order valence-corrected chi connectivity index (χ1v) is 6.88. The Morgan fingerprint density at radius 3 is 2.91 bits per heavy atom. The number of imidazole rings is 1. The van der Waals surface area contributed by atoms with Crippen molar-refractivity contribution in [3.63, 3.8) is 0 Å². The number of fused-ring (bicyclic) bond motifs is 1. The minimum atomic E-state index is 0.442. The Balaban J connectivity index is 2.04. The van der Waals surface area contributed by atoms with Crippen LogP contribution in [-0.4, -0.2) is 23.1 Å². The van der Waals surface area contributed by atoms with Gasteiger partial charge in [0.25, 0.3) is 0 Å². The molecule has 0 unspecified atom stereocenters. The summed E-state index contributed by atoms with van der Waals surface area (Å²) in [6.07, 6.45) is 5.58. The molecule has 0 atom stereocenters. The van der Waals surface area contributed by atoms with Crippen LogP contribution >= 0.6 is 0 Å². The summed E-state index contributed by atoms with van der Waals surface area (Å²) in [7, 11) is 1.60. The summed E-state index contributed by atoms with van der Waals surface area (Å²) >= 11 is 0. The number of anilines is 1. The van der Waals surface area contributed by atoms with Gasteiger partial charge in [0.2, 0.25) is 0 Å². The van der Waals surface area contributed by atoms with Crippen LogP contribution in [0, 0.1) is 0 Å². The molecule has 0 radical (unpaired) electrons. The number of pyridine rings is 1. The van der Waals surface area contributed by atoms with Crippen molar-refractivity contribution < 1.29 is 9.47 Å². The van der Waals surface area contributed by atoms with Crippen LogP contribution in [0.4, 0.5) is 5.69 Å². The van der Waals surface area contributed by atoms with Gasteiger partial charge in [-0.3, -0.25) is 0 Å². The summed E-state index contributed by atoms with van der Waals surface area (Å²) < 4.78 is 12.7. The molecule has 0 aliphatic carbocycles. The molecule has 2 heterocycles. The Labute approximate surface area is 128 Å². The third-order valence-electron chi connectivity index (χ3n) is 3.33. The molecule has 0 saturated heterocycles. The molecule has 5 nitrogen and oxygen atoms in total. The highest BCUT2D eigenvalue weighted by molar-refractivity contribution is 5.71. The molecule has 3 aromatic rings. The average molecular weight is 295 g/mol. The summed E-state index contributed by atoms with van der Waals surface area (Å²) in [6, 6.07) is 9.42. The third kappa shape index (κ3) is 2.48. The van der Waals surface area contributed by atoms with E-state index in [1.165, 1.54) is 0 Å². The number of rotatable bonds is 5. The summed E-state index contributed by atoms with van der Waals surface area (Å²) in [5.74, 6) is 1.37. The lowest BCUT2D eigenvalue weighted by atomic mass is 10.1. The fraction of sp³-hybridized carbons (Fsp3) is 0.118. The van der Waals surface area contributed by atoms with Crippen molar-refractivity contribution in [3.05, 3.63) is 55.4 Å². The summed E-state index contributed by atoms with van der Waals surface area (Å²) in [4.78, 5) is 4.64. The first-order chi connectivity index (χ1) is 10.7. The second-order valence-corrected chi connectivity index (χ2v) is 4.79. The number of nitrogens with zero attached hydrogens (tertiary/aromatic N) is 2. The van der Waals surface area contributed by atoms with Gasteiger partial charge in [-0.05, 0) is 30.3 Å². The Bertz CT molecular complexity index is 824. The number of nitrogens with two attached hydrogens (primary N) is 1. The first kappa shape index (κ1) is 14.0. The van der Waals surface area contributed by atoms with E-state index >= 15 is 0 Å². The quantitative estimate of drug-likeness (QED) is 0.580. The van der Waals surface area contributed by atoms with Crippen molar-refractivity contribution in [3.8, 4) is 22.8 Å². The van der Waals surface area contributed by atoms with Gasteiger partial charge in [0.05, 0.1) is 18.5 Å². The molecule has 0 aliphatic heterocycles. The van der Waals surface area contributed by atoms with Crippen molar-refractivity contribution >= 4 is 11.3 Å². The third-order valence-corrected chi connectivity index (χ3v) is 3.33. The normalized spacial score (nSPS) is 10.6. The predicted octanol–water partition coefficient (Wildman–Crippen LogP) is 3.16. The van der Waals surface area contributed by atoms with Crippen LogP contribution in [0.25, 0.3) is 16.9 Å². The maximum atomic E-state index is 5.96. The number of ether oxygens (including phenoxy) is 2. The van der Waals surface area contributed by atoms with Crippen molar-refractivity contribution in [1.82, 2.24) is 9.38 Å². The molecule has 1 aromatic carbocycles. The molecule has 112 valence electrons. The average Bonchev–Trinajstić information content (AvgIpc) is 2.97. The highest BCUT2D eigenvalue weighted by Crippen LogP contribution is 2.29. The molecule has 0 amide bonds. The fourth-order valence-corrected chi connectivity index (χ4v) is 2.28. The zero-order valence-corrected chi connectivity index (χ0v) is 12.3. The molecule has 0 bridgehead atoms. The Morgan fingerprint density at radius 1 is 1.32 bits per heavy atom. The summed E-state index contributed by atoms with van der Waals surface area (Å²) in [5, 5.41) is 0. The van der Waals surface area contributed by atoms with E-state index in [9.17, 15) is 0 Å². The minimum absolute atomic E-state index is 0.442. The Hall–Kier alpha value is -2.95. The number of methoxy groups -OCH3 is 1. The molecular formula is C17H17N3O2. The van der Waals surface area contributed by atoms with Crippen molar-refractivity contribution in [2.24, 2.45) is 0 Å². The van der Waals surface area contributed by atoms with Crippen LogP contribution in [0.15, 0.2) is 55.4 Å². The van der Waals surface area contributed by atoms with E-state index in [4.69, 9.17) is 15.2 Å². The van der Waals surface area contributed by atoms with E-state index in [1.807, 2.05) is 47.1 Å². The van der Waals surface area contributed by atoms with E-state index in [0.717, 1.165) is 22.7 Å². The number of nitrogen functional groups attached to an aromatic ring is 1. The molecule has 0 aliphatic rings. The zero-order chi connectivity index (χ0) is 15.5. The maximum absolute atomic E-state index is 5.96. The molecular weight excluding hydrogens is 278 g/mol. The van der Waals surface area contributed by atoms with E-state index < -0.39 is 0 Å². The first-order valence-electron chi connectivity index (χ1n) is 6.88. The van der Waals surface area contributed by atoms with E-state index in [1.54, 1.807) is 13.2 Å². The topological polar surface area (TPSA) is 61.8 Å². The monoisotopic (exact) mass is 295 g/mol. The van der Waals surface area contributed by atoms with Crippen molar-refractivity contribution in [2.45, 2.75) is 0 Å². The number of benzene rings is 1. The van der Waals surface area contributed by atoms with Gasteiger partial charge >= 0.3 is 0 Å². The van der Waals surface area contributed by atoms with Gasteiger partial charge in [-0.1, -0.05) is 12.7 Å².